The summed E-state index contributed by atoms with van der Waals surface area (Å²) in [6.07, 6.45) is 0.666. The number of carbonyl (C=O) groups excluding carboxylic acids is 1. The highest BCUT2D eigenvalue weighted by Gasteiger charge is 2.34. The minimum absolute atomic E-state index is 0.00785. The molecule has 1 aromatic carbocycles. The van der Waals surface area contributed by atoms with Crippen molar-refractivity contribution in [2.24, 2.45) is 0 Å². The van der Waals surface area contributed by atoms with E-state index in [1.54, 1.807) is 33.8 Å². The van der Waals surface area contributed by atoms with E-state index in [9.17, 15) is 13.4 Å². The van der Waals surface area contributed by atoms with Crippen LogP contribution < -0.4 is 4.72 Å². The van der Waals surface area contributed by atoms with Crippen molar-refractivity contribution < 1.29 is 13.4 Å². The minimum atomic E-state index is -1.44. The number of benzene rings is 1. The number of hydrogen-bond acceptors (Lipinski definition) is 2. The van der Waals surface area contributed by atoms with Crippen LogP contribution in [0.15, 0.2) is 18.2 Å². The van der Waals surface area contributed by atoms with Gasteiger partial charge in [-0.25, -0.2) is 13.3 Å². The van der Waals surface area contributed by atoms with E-state index in [4.69, 9.17) is 11.6 Å². The molecule has 0 aromatic heterocycles. The summed E-state index contributed by atoms with van der Waals surface area (Å²) in [5.41, 5.74) is -0.843. The molecule has 0 aliphatic heterocycles. The van der Waals surface area contributed by atoms with Crippen molar-refractivity contribution in [3.05, 3.63) is 34.6 Å². The fourth-order valence-corrected chi connectivity index (χ4v) is 2.74. The van der Waals surface area contributed by atoms with Gasteiger partial charge in [0.1, 0.15) is 12.1 Å². The Bertz CT molecular complexity index is 530. The molecule has 0 aliphatic carbocycles. The molecule has 0 radical (unpaired) electrons. The predicted octanol–water partition coefficient (Wildman–Crippen LogP) is 3.34. The van der Waals surface area contributed by atoms with Gasteiger partial charge in [-0.3, -0.25) is 0 Å². The zero-order chi connectivity index (χ0) is 15.6. The summed E-state index contributed by atoms with van der Waals surface area (Å²) in [7, 11) is -1.44. The first-order chi connectivity index (χ1) is 9.12. The fourth-order valence-electron chi connectivity index (χ4n) is 1.66. The lowest BCUT2D eigenvalue weighted by atomic mass is 9.90. The SMILES string of the molecule is CC(CC=O)(NS(=O)C(C)(C)C)c1cccc(Cl)c1F. The maximum absolute atomic E-state index is 14.2. The van der Waals surface area contributed by atoms with E-state index in [2.05, 4.69) is 4.72 Å². The molecule has 0 saturated heterocycles. The molecule has 3 nitrogen and oxygen atoms in total. The summed E-state index contributed by atoms with van der Waals surface area (Å²) >= 11 is 5.78. The Morgan fingerprint density at radius 3 is 2.45 bits per heavy atom. The van der Waals surface area contributed by atoms with Gasteiger partial charge in [-0.15, -0.1) is 0 Å². The van der Waals surface area contributed by atoms with Gasteiger partial charge >= 0.3 is 0 Å². The van der Waals surface area contributed by atoms with Gasteiger partial charge in [-0.05, 0) is 33.8 Å². The lowest BCUT2D eigenvalue weighted by Crippen LogP contribution is -2.47. The van der Waals surface area contributed by atoms with Crippen LogP contribution in [0.3, 0.4) is 0 Å². The van der Waals surface area contributed by atoms with Crippen LogP contribution in [0.2, 0.25) is 5.02 Å². The first-order valence-electron chi connectivity index (χ1n) is 6.19. The van der Waals surface area contributed by atoms with Gasteiger partial charge in [0, 0.05) is 12.0 Å². The van der Waals surface area contributed by atoms with Crippen molar-refractivity contribution in [1.29, 1.82) is 0 Å². The van der Waals surface area contributed by atoms with E-state index in [1.165, 1.54) is 12.1 Å². The van der Waals surface area contributed by atoms with Crippen molar-refractivity contribution >= 4 is 28.9 Å². The van der Waals surface area contributed by atoms with Crippen LogP contribution >= 0.6 is 11.6 Å². The second kappa shape index (κ2) is 6.33. The third kappa shape index (κ3) is 3.87. The van der Waals surface area contributed by atoms with Crippen molar-refractivity contribution in [1.82, 2.24) is 4.72 Å². The number of aldehydes is 1. The van der Waals surface area contributed by atoms with Crippen LogP contribution in [0.4, 0.5) is 4.39 Å². The van der Waals surface area contributed by atoms with Gasteiger partial charge in [0.2, 0.25) is 0 Å². The predicted molar refractivity (Wildman–Crippen MR) is 80.5 cm³/mol. The molecule has 0 heterocycles. The van der Waals surface area contributed by atoms with Crippen LogP contribution in [-0.2, 0) is 21.3 Å². The molecular formula is C14H19ClFNO2S. The Balaban J connectivity index is 3.24. The number of hydrogen-bond donors (Lipinski definition) is 1. The molecule has 0 saturated carbocycles. The van der Waals surface area contributed by atoms with Crippen molar-refractivity contribution in [2.45, 2.75) is 44.4 Å². The van der Waals surface area contributed by atoms with Gasteiger partial charge in [0.15, 0.2) is 0 Å². The van der Waals surface area contributed by atoms with Gasteiger partial charge in [0.05, 0.1) is 26.3 Å². The molecule has 0 aliphatic rings. The average molecular weight is 320 g/mol. The zero-order valence-corrected chi connectivity index (χ0v) is 13.6. The highest BCUT2D eigenvalue weighted by atomic mass is 35.5. The molecule has 6 heteroatoms. The molecule has 0 fully saturated rings. The maximum atomic E-state index is 14.2. The molecule has 0 amide bonds. The molecule has 2 atom stereocenters. The number of rotatable bonds is 5. The quantitative estimate of drug-likeness (QED) is 0.846. The molecule has 1 rings (SSSR count). The first kappa shape index (κ1) is 17.3. The van der Waals surface area contributed by atoms with Crippen LogP contribution in [0.25, 0.3) is 0 Å². The van der Waals surface area contributed by atoms with Gasteiger partial charge in [-0.1, -0.05) is 23.7 Å². The Morgan fingerprint density at radius 1 is 1.35 bits per heavy atom. The summed E-state index contributed by atoms with van der Waals surface area (Å²) in [6, 6.07) is 4.57. The second-order valence-corrected chi connectivity index (χ2v) is 8.16. The summed E-state index contributed by atoms with van der Waals surface area (Å²) in [4.78, 5) is 10.9. The summed E-state index contributed by atoms with van der Waals surface area (Å²) in [5.74, 6) is -0.600. The number of carbonyl (C=O) groups is 1. The Morgan fingerprint density at radius 2 is 1.95 bits per heavy atom. The van der Waals surface area contributed by atoms with Gasteiger partial charge < -0.3 is 4.79 Å². The third-order valence-electron chi connectivity index (χ3n) is 2.91. The summed E-state index contributed by atoms with van der Waals surface area (Å²) in [6.45, 7) is 7.03. The molecular weight excluding hydrogens is 301 g/mol. The largest absolute Gasteiger partial charge is 0.303 e. The van der Waals surface area contributed by atoms with Crippen LogP contribution in [0.5, 0.6) is 0 Å². The topological polar surface area (TPSA) is 46.2 Å². The molecule has 112 valence electrons. The van der Waals surface area contributed by atoms with Gasteiger partial charge in [-0.2, -0.15) is 0 Å². The lowest BCUT2D eigenvalue weighted by molar-refractivity contribution is -0.108. The first-order valence-corrected chi connectivity index (χ1v) is 7.72. The normalized spacial score (nSPS) is 16.5. The van der Waals surface area contributed by atoms with Crippen molar-refractivity contribution in [3.63, 3.8) is 0 Å². The van der Waals surface area contributed by atoms with E-state index in [1.807, 2.05) is 0 Å². The standard InChI is InChI=1S/C14H19ClFNO2S/c1-13(2,3)20(19)17-14(4,8-9-18)10-6-5-7-11(15)12(10)16/h5-7,9,17H,8H2,1-4H3. The Labute approximate surface area is 126 Å². The fraction of sp³-hybridized carbons (Fsp3) is 0.500. The number of halogens is 2. The minimum Gasteiger partial charge on any atom is -0.303 e. The van der Waals surface area contributed by atoms with Crippen molar-refractivity contribution in [2.75, 3.05) is 0 Å². The maximum Gasteiger partial charge on any atom is 0.146 e. The molecule has 0 bridgehead atoms. The Kier molecular flexibility index (Phi) is 5.46. The van der Waals surface area contributed by atoms with E-state index in [0.29, 0.717) is 6.29 Å². The molecule has 1 N–H and O–H groups in total. The smallest absolute Gasteiger partial charge is 0.146 e. The summed E-state index contributed by atoms with van der Waals surface area (Å²) < 4.78 is 28.8. The molecule has 2 unspecified atom stereocenters. The zero-order valence-electron chi connectivity index (χ0n) is 12.0. The number of nitrogens with one attached hydrogen (secondary N) is 1. The van der Waals surface area contributed by atoms with Crippen LogP contribution in [-0.4, -0.2) is 15.2 Å². The summed E-state index contributed by atoms with van der Waals surface area (Å²) in [5, 5.41) is -0.0250. The van der Waals surface area contributed by atoms with E-state index < -0.39 is 27.1 Å². The molecule has 1 aromatic rings. The Hall–Kier alpha value is -0.780. The van der Waals surface area contributed by atoms with Gasteiger partial charge in [0.25, 0.3) is 0 Å². The average Bonchev–Trinajstić information content (AvgIpc) is 2.31. The highest BCUT2D eigenvalue weighted by Crippen LogP contribution is 2.31. The third-order valence-corrected chi connectivity index (χ3v) is 4.95. The second-order valence-electron chi connectivity index (χ2n) is 5.79. The lowest BCUT2D eigenvalue weighted by Gasteiger charge is -2.32. The van der Waals surface area contributed by atoms with E-state index in [-0.39, 0.29) is 17.0 Å². The van der Waals surface area contributed by atoms with E-state index >= 15 is 0 Å². The molecule has 20 heavy (non-hydrogen) atoms. The van der Waals surface area contributed by atoms with E-state index in [0.717, 1.165) is 0 Å². The van der Waals surface area contributed by atoms with Crippen LogP contribution in [0, 0.1) is 5.82 Å². The monoisotopic (exact) mass is 319 g/mol. The molecule has 0 spiro atoms. The van der Waals surface area contributed by atoms with Crippen molar-refractivity contribution in [3.8, 4) is 0 Å². The van der Waals surface area contributed by atoms with Crippen LogP contribution in [0.1, 0.15) is 39.7 Å². The highest BCUT2D eigenvalue weighted by molar-refractivity contribution is 7.84.